The second kappa shape index (κ2) is 3.77. The van der Waals surface area contributed by atoms with E-state index in [9.17, 15) is 4.79 Å². The van der Waals surface area contributed by atoms with Crippen LogP contribution in [-0.4, -0.2) is 5.78 Å². The van der Waals surface area contributed by atoms with Crippen molar-refractivity contribution in [1.82, 2.24) is 0 Å². The zero-order valence-corrected chi connectivity index (χ0v) is 10.2. The first-order valence-corrected chi connectivity index (χ1v) is 6.30. The number of hydrogen-bond donors (Lipinski definition) is 0. The SMILES string of the molecule is CCC1CCC2=CC(=O)CC(C)C2(C)C1. The molecule has 0 bridgehead atoms. The second-order valence-corrected chi connectivity index (χ2v) is 5.68. The van der Waals surface area contributed by atoms with Crippen LogP contribution >= 0.6 is 0 Å². The molecule has 0 saturated heterocycles. The number of rotatable bonds is 1. The van der Waals surface area contributed by atoms with Gasteiger partial charge in [0.15, 0.2) is 5.78 Å². The quantitative estimate of drug-likeness (QED) is 0.638. The maximum Gasteiger partial charge on any atom is 0.155 e. The Morgan fingerprint density at radius 2 is 2.27 bits per heavy atom. The van der Waals surface area contributed by atoms with Gasteiger partial charge in [0.2, 0.25) is 0 Å². The second-order valence-electron chi connectivity index (χ2n) is 5.68. The van der Waals surface area contributed by atoms with Gasteiger partial charge in [-0.2, -0.15) is 0 Å². The molecule has 1 saturated carbocycles. The highest BCUT2D eigenvalue weighted by Crippen LogP contribution is 2.51. The van der Waals surface area contributed by atoms with Crippen LogP contribution in [0.4, 0.5) is 0 Å². The third-order valence-corrected chi connectivity index (χ3v) is 4.78. The molecule has 1 heteroatoms. The average Bonchev–Trinajstić information content (AvgIpc) is 2.19. The van der Waals surface area contributed by atoms with Gasteiger partial charge in [0.1, 0.15) is 0 Å². The van der Waals surface area contributed by atoms with Crippen molar-refractivity contribution in [3.8, 4) is 0 Å². The van der Waals surface area contributed by atoms with Crippen LogP contribution in [0, 0.1) is 17.3 Å². The molecule has 0 spiro atoms. The largest absolute Gasteiger partial charge is 0.295 e. The van der Waals surface area contributed by atoms with Gasteiger partial charge in [0.05, 0.1) is 0 Å². The van der Waals surface area contributed by atoms with E-state index < -0.39 is 0 Å². The lowest BCUT2D eigenvalue weighted by Gasteiger charge is -2.46. The van der Waals surface area contributed by atoms with Crippen LogP contribution in [0.15, 0.2) is 11.6 Å². The van der Waals surface area contributed by atoms with E-state index in [1.807, 2.05) is 6.08 Å². The minimum Gasteiger partial charge on any atom is -0.295 e. The first-order chi connectivity index (χ1) is 7.06. The highest BCUT2D eigenvalue weighted by molar-refractivity contribution is 5.91. The van der Waals surface area contributed by atoms with Gasteiger partial charge in [0.25, 0.3) is 0 Å². The summed E-state index contributed by atoms with van der Waals surface area (Å²) < 4.78 is 0. The average molecular weight is 206 g/mol. The van der Waals surface area contributed by atoms with Crippen LogP contribution in [-0.2, 0) is 4.79 Å². The third-order valence-electron chi connectivity index (χ3n) is 4.78. The maximum atomic E-state index is 11.5. The molecule has 2 aliphatic carbocycles. The summed E-state index contributed by atoms with van der Waals surface area (Å²) in [6, 6.07) is 0. The number of ketones is 1. The van der Waals surface area contributed by atoms with E-state index in [4.69, 9.17) is 0 Å². The summed E-state index contributed by atoms with van der Waals surface area (Å²) in [5.41, 5.74) is 1.77. The summed E-state index contributed by atoms with van der Waals surface area (Å²) in [5.74, 6) is 1.77. The van der Waals surface area contributed by atoms with Gasteiger partial charge in [-0.15, -0.1) is 0 Å². The molecule has 2 rings (SSSR count). The van der Waals surface area contributed by atoms with Crippen LogP contribution in [0.3, 0.4) is 0 Å². The molecule has 0 amide bonds. The normalized spacial score (nSPS) is 41.0. The summed E-state index contributed by atoms with van der Waals surface area (Å²) in [4.78, 5) is 11.5. The van der Waals surface area contributed by atoms with E-state index in [0.29, 0.717) is 17.1 Å². The molecule has 0 radical (unpaired) electrons. The lowest BCUT2D eigenvalue weighted by molar-refractivity contribution is -0.117. The Bertz CT molecular complexity index is 302. The molecule has 1 nitrogen and oxygen atoms in total. The van der Waals surface area contributed by atoms with Gasteiger partial charge in [-0.1, -0.05) is 32.8 Å². The zero-order valence-electron chi connectivity index (χ0n) is 10.2. The van der Waals surface area contributed by atoms with Crippen molar-refractivity contribution in [2.24, 2.45) is 17.3 Å². The van der Waals surface area contributed by atoms with Crippen LogP contribution in [0.2, 0.25) is 0 Å². The molecule has 3 atom stereocenters. The maximum absolute atomic E-state index is 11.5. The van der Waals surface area contributed by atoms with Crippen molar-refractivity contribution in [1.29, 1.82) is 0 Å². The molecule has 0 heterocycles. The smallest absolute Gasteiger partial charge is 0.155 e. The summed E-state index contributed by atoms with van der Waals surface area (Å²) >= 11 is 0. The monoisotopic (exact) mass is 206 g/mol. The van der Waals surface area contributed by atoms with E-state index in [2.05, 4.69) is 20.8 Å². The summed E-state index contributed by atoms with van der Waals surface area (Å²) in [7, 11) is 0. The number of allylic oxidation sites excluding steroid dienone is 2. The van der Waals surface area contributed by atoms with Crippen LogP contribution in [0.1, 0.15) is 52.9 Å². The fraction of sp³-hybridized carbons (Fsp3) is 0.786. The molecule has 15 heavy (non-hydrogen) atoms. The van der Waals surface area contributed by atoms with Gasteiger partial charge in [-0.05, 0) is 42.6 Å². The van der Waals surface area contributed by atoms with E-state index in [1.165, 1.54) is 24.8 Å². The Labute approximate surface area is 92.9 Å². The standard InChI is InChI=1S/C14H22O/c1-4-11-5-6-12-8-13(15)7-10(2)14(12,3)9-11/h8,10-11H,4-7,9H2,1-3H3. The van der Waals surface area contributed by atoms with Gasteiger partial charge in [0, 0.05) is 6.42 Å². The molecule has 2 aliphatic rings. The Morgan fingerprint density at radius 1 is 1.53 bits per heavy atom. The van der Waals surface area contributed by atoms with E-state index in [1.54, 1.807) is 0 Å². The number of fused-ring (bicyclic) bond motifs is 1. The fourth-order valence-corrected chi connectivity index (χ4v) is 3.36. The lowest BCUT2D eigenvalue weighted by Crippen LogP contribution is -2.38. The van der Waals surface area contributed by atoms with E-state index in [-0.39, 0.29) is 0 Å². The Morgan fingerprint density at radius 3 is 2.93 bits per heavy atom. The Kier molecular flexibility index (Phi) is 2.74. The molecule has 0 N–H and O–H groups in total. The van der Waals surface area contributed by atoms with Crippen molar-refractivity contribution in [3.63, 3.8) is 0 Å². The molecule has 84 valence electrons. The Hall–Kier alpha value is -0.590. The number of hydrogen-bond acceptors (Lipinski definition) is 1. The fourth-order valence-electron chi connectivity index (χ4n) is 3.36. The van der Waals surface area contributed by atoms with Crippen LogP contribution in [0.5, 0.6) is 0 Å². The van der Waals surface area contributed by atoms with Crippen molar-refractivity contribution in [3.05, 3.63) is 11.6 Å². The summed E-state index contributed by atoms with van der Waals surface area (Å²) in [6.45, 7) is 6.92. The minimum atomic E-state index is 0.326. The minimum absolute atomic E-state index is 0.326. The van der Waals surface area contributed by atoms with Gasteiger partial charge in [-0.25, -0.2) is 0 Å². The predicted molar refractivity (Wildman–Crippen MR) is 62.6 cm³/mol. The van der Waals surface area contributed by atoms with Gasteiger partial charge in [-0.3, -0.25) is 4.79 Å². The molecule has 0 aromatic carbocycles. The van der Waals surface area contributed by atoms with Crippen LogP contribution in [0.25, 0.3) is 0 Å². The number of carbonyl (C=O) groups is 1. The zero-order chi connectivity index (χ0) is 11.1. The molecule has 0 aromatic rings. The van der Waals surface area contributed by atoms with Crippen molar-refractivity contribution < 1.29 is 4.79 Å². The van der Waals surface area contributed by atoms with Gasteiger partial charge < -0.3 is 0 Å². The molecule has 0 aromatic heterocycles. The van der Waals surface area contributed by atoms with Gasteiger partial charge >= 0.3 is 0 Å². The lowest BCUT2D eigenvalue weighted by atomic mass is 9.58. The first-order valence-electron chi connectivity index (χ1n) is 6.30. The highest BCUT2D eigenvalue weighted by atomic mass is 16.1. The molecular weight excluding hydrogens is 184 g/mol. The molecule has 3 unspecified atom stereocenters. The summed E-state index contributed by atoms with van der Waals surface area (Å²) in [6.07, 6.45) is 7.75. The van der Waals surface area contributed by atoms with Crippen LogP contribution < -0.4 is 0 Å². The van der Waals surface area contributed by atoms with Crippen molar-refractivity contribution in [2.45, 2.75) is 52.9 Å². The van der Waals surface area contributed by atoms with Crippen molar-refractivity contribution in [2.75, 3.05) is 0 Å². The third kappa shape index (κ3) is 1.77. The summed E-state index contributed by atoms with van der Waals surface area (Å²) in [5, 5.41) is 0. The molecular formula is C14H22O. The van der Waals surface area contributed by atoms with Crippen molar-refractivity contribution >= 4 is 5.78 Å². The predicted octanol–water partition coefficient (Wildman–Crippen LogP) is 3.74. The highest BCUT2D eigenvalue weighted by Gasteiger charge is 2.42. The first kappa shape index (κ1) is 10.9. The molecule has 1 fully saturated rings. The topological polar surface area (TPSA) is 17.1 Å². The Balaban J connectivity index is 2.28. The number of carbonyl (C=O) groups excluding carboxylic acids is 1. The molecule has 0 aliphatic heterocycles. The van der Waals surface area contributed by atoms with E-state index in [0.717, 1.165) is 18.8 Å². The van der Waals surface area contributed by atoms with E-state index >= 15 is 0 Å².